The van der Waals surface area contributed by atoms with E-state index >= 15 is 0 Å². The molecule has 168 valence electrons. The zero-order valence-electron chi connectivity index (χ0n) is 20.7. The van der Waals surface area contributed by atoms with Crippen molar-refractivity contribution < 1.29 is 4.57 Å². The first kappa shape index (κ1) is 22.8. The minimum atomic E-state index is 0.0732. The smallest absolute Gasteiger partial charge is 0.192 e. The molecular weight excluding hydrogens is 386 g/mol. The fourth-order valence-electron chi connectivity index (χ4n) is 6.30. The molecular formula is C31H40N+. The van der Waals surface area contributed by atoms with Gasteiger partial charge in [-0.3, -0.25) is 0 Å². The van der Waals surface area contributed by atoms with Gasteiger partial charge in [0.15, 0.2) is 11.7 Å². The standard InChI is InChI=1S/C31H40N/c1-6-10-13-24-15-17-25(18-16-24)26-19-20-28-27(23-26)29-14-11-12-22-32(29)30(5,8-3)31(28,9-4)21-7-2/h11-12,14-20,22-23H,6-10,13,21H2,1-5H3/q+1. The van der Waals surface area contributed by atoms with Gasteiger partial charge in [0, 0.05) is 25.5 Å². The molecule has 0 saturated carbocycles. The first-order valence-corrected chi connectivity index (χ1v) is 12.8. The van der Waals surface area contributed by atoms with Crippen LogP contribution in [0.15, 0.2) is 66.9 Å². The third-order valence-electron chi connectivity index (χ3n) is 8.31. The third-order valence-corrected chi connectivity index (χ3v) is 8.31. The monoisotopic (exact) mass is 426 g/mol. The van der Waals surface area contributed by atoms with Crippen LogP contribution in [-0.4, -0.2) is 0 Å². The molecule has 2 aromatic carbocycles. The molecule has 0 spiro atoms. The Morgan fingerprint density at radius 2 is 1.53 bits per heavy atom. The van der Waals surface area contributed by atoms with E-state index in [1.807, 2.05) is 0 Å². The molecule has 0 radical (unpaired) electrons. The summed E-state index contributed by atoms with van der Waals surface area (Å²) in [4.78, 5) is 0. The maximum Gasteiger partial charge on any atom is 0.213 e. The van der Waals surface area contributed by atoms with E-state index in [9.17, 15) is 0 Å². The van der Waals surface area contributed by atoms with E-state index in [1.54, 1.807) is 5.56 Å². The summed E-state index contributed by atoms with van der Waals surface area (Å²) < 4.78 is 2.59. The molecule has 0 amide bonds. The molecule has 0 fully saturated rings. The fraction of sp³-hybridized carbons (Fsp3) is 0.452. The van der Waals surface area contributed by atoms with Crippen molar-refractivity contribution in [1.29, 1.82) is 0 Å². The van der Waals surface area contributed by atoms with Crippen molar-refractivity contribution in [2.24, 2.45) is 0 Å². The second kappa shape index (κ2) is 9.22. The Hall–Kier alpha value is -2.41. The van der Waals surface area contributed by atoms with Crippen LogP contribution < -0.4 is 4.57 Å². The van der Waals surface area contributed by atoms with Gasteiger partial charge in [-0.05, 0) is 60.1 Å². The second-order valence-corrected chi connectivity index (χ2v) is 9.83. The Kier molecular flexibility index (Phi) is 6.56. The lowest BCUT2D eigenvalue weighted by molar-refractivity contribution is -0.766. The minimum absolute atomic E-state index is 0.0732. The molecule has 1 aliphatic heterocycles. The molecule has 3 aromatic rings. The molecule has 2 atom stereocenters. The summed E-state index contributed by atoms with van der Waals surface area (Å²) >= 11 is 0. The lowest BCUT2D eigenvalue weighted by Gasteiger charge is -2.48. The summed E-state index contributed by atoms with van der Waals surface area (Å²) in [5.41, 5.74) is 8.62. The van der Waals surface area contributed by atoms with Gasteiger partial charge in [0.2, 0.25) is 5.69 Å². The zero-order chi connectivity index (χ0) is 22.8. The van der Waals surface area contributed by atoms with Crippen LogP contribution in [0.3, 0.4) is 0 Å². The minimum Gasteiger partial charge on any atom is -0.192 e. The highest BCUT2D eigenvalue weighted by atomic mass is 15.1. The fourth-order valence-corrected chi connectivity index (χ4v) is 6.30. The summed E-state index contributed by atoms with van der Waals surface area (Å²) in [6, 6.07) is 23.2. The van der Waals surface area contributed by atoms with Crippen LogP contribution >= 0.6 is 0 Å². The number of benzene rings is 2. The van der Waals surface area contributed by atoms with Gasteiger partial charge < -0.3 is 0 Å². The van der Waals surface area contributed by atoms with Gasteiger partial charge in [-0.1, -0.05) is 76.9 Å². The van der Waals surface area contributed by atoms with Gasteiger partial charge in [0.1, 0.15) is 0 Å². The van der Waals surface area contributed by atoms with E-state index in [1.165, 1.54) is 60.1 Å². The number of hydrogen-bond acceptors (Lipinski definition) is 0. The van der Waals surface area contributed by atoms with Gasteiger partial charge >= 0.3 is 0 Å². The van der Waals surface area contributed by atoms with E-state index in [2.05, 4.69) is 106 Å². The van der Waals surface area contributed by atoms with Gasteiger partial charge in [0.05, 0.1) is 11.0 Å². The van der Waals surface area contributed by atoms with Crippen molar-refractivity contribution in [3.8, 4) is 22.4 Å². The number of nitrogens with zero attached hydrogens (tertiary/aromatic N) is 1. The number of fused-ring (bicyclic) bond motifs is 3. The van der Waals surface area contributed by atoms with Crippen molar-refractivity contribution >= 4 is 0 Å². The summed E-state index contributed by atoms with van der Waals surface area (Å²) in [5.74, 6) is 0. The van der Waals surface area contributed by atoms with E-state index < -0.39 is 0 Å². The van der Waals surface area contributed by atoms with Gasteiger partial charge in [-0.25, -0.2) is 0 Å². The molecule has 1 aromatic heterocycles. The number of rotatable bonds is 8. The van der Waals surface area contributed by atoms with Crippen molar-refractivity contribution in [3.05, 3.63) is 78.0 Å². The van der Waals surface area contributed by atoms with E-state index in [4.69, 9.17) is 0 Å². The van der Waals surface area contributed by atoms with Crippen LogP contribution in [0.4, 0.5) is 0 Å². The molecule has 2 heterocycles. The molecule has 0 bridgehead atoms. The molecule has 1 nitrogen and oxygen atoms in total. The topological polar surface area (TPSA) is 3.88 Å². The molecule has 0 saturated heterocycles. The third kappa shape index (κ3) is 3.51. The number of unbranched alkanes of at least 4 members (excludes halogenated alkanes) is 1. The molecule has 0 aliphatic carbocycles. The Balaban J connectivity index is 1.88. The summed E-state index contributed by atoms with van der Waals surface area (Å²) in [5, 5.41) is 0. The molecule has 4 rings (SSSR count). The average Bonchev–Trinajstić information content (AvgIpc) is 2.85. The van der Waals surface area contributed by atoms with Crippen LogP contribution in [0.25, 0.3) is 22.4 Å². The quantitative estimate of drug-likeness (QED) is 0.319. The van der Waals surface area contributed by atoms with Gasteiger partial charge in [0.25, 0.3) is 0 Å². The summed E-state index contributed by atoms with van der Waals surface area (Å²) in [6.07, 6.45) is 10.7. The Labute approximate surface area is 195 Å². The highest BCUT2D eigenvalue weighted by molar-refractivity contribution is 5.75. The first-order chi connectivity index (χ1) is 15.5. The van der Waals surface area contributed by atoms with E-state index in [-0.39, 0.29) is 11.0 Å². The number of aromatic nitrogens is 1. The zero-order valence-corrected chi connectivity index (χ0v) is 20.7. The predicted molar refractivity (Wildman–Crippen MR) is 137 cm³/mol. The normalized spacial score (nSPS) is 21.8. The number of pyridine rings is 1. The number of aryl methyl sites for hydroxylation is 1. The lowest BCUT2D eigenvalue weighted by atomic mass is 9.57. The molecule has 2 unspecified atom stereocenters. The van der Waals surface area contributed by atoms with Crippen molar-refractivity contribution in [2.75, 3.05) is 0 Å². The maximum absolute atomic E-state index is 2.59. The van der Waals surface area contributed by atoms with Crippen LogP contribution in [0.1, 0.15) is 84.3 Å². The van der Waals surface area contributed by atoms with Crippen LogP contribution in [0.2, 0.25) is 0 Å². The average molecular weight is 427 g/mol. The lowest BCUT2D eigenvalue weighted by Crippen LogP contribution is -2.68. The Morgan fingerprint density at radius 3 is 2.19 bits per heavy atom. The van der Waals surface area contributed by atoms with Gasteiger partial charge in [-0.2, -0.15) is 4.57 Å². The maximum atomic E-state index is 2.59. The number of hydrogen-bond donors (Lipinski definition) is 0. The summed E-state index contributed by atoms with van der Waals surface area (Å²) in [6.45, 7) is 11.8. The van der Waals surface area contributed by atoms with Crippen molar-refractivity contribution in [3.63, 3.8) is 0 Å². The SMILES string of the molecule is CCCCc1ccc(-c2ccc3c(c2)-c2cccc[n+]2C(C)(CC)C3(CC)CCC)cc1. The largest absolute Gasteiger partial charge is 0.213 e. The molecule has 1 heteroatoms. The summed E-state index contributed by atoms with van der Waals surface area (Å²) in [7, 11) is 0. The highest BCUT2D eigenvalue weighted by Crippen LogP contribution is 2.52. The molecule has 32 heavy (non-hydrogen) atoms. The molecule has 1 aliphatic rings. The second-order valence-electron chi connectivity index (χ2n) is 9.83. The van der Waals surface area contributed by atoms with E-state index in [0.29, 0.717) is 0 Å². The van der Waals surface area contributed by atoms with E-state index in [0.717, 1.165) is 12.8 Å². The highest BCUT2D eigenvalue weighted by Gasteiger charge is 2.58. The Morgan fingerprint density at radius 1 is 0.781 bits per heavy atom. The van der Waals surface area contributed by atoms with Crippen molar-refractivity contribution in [2.45, 2.75) is 90.5 Å². The van der Waals surface area contributed by atoms with Crippen LogP contribution in [0.5, 0.6) is 0 Å². The van der Waals surface area contributed by atoms with Gasteiger partial charge in [-0.15, -0.1) is 0 Å². The predicted octanol–water partition coefficient (Wildman–Crippen LogP) is 8.24. The first-order valence-electron chi connectivity index (χ1n) is 12.8. The molecule has 0 N–H and O–H groups in total. The van der Waals surface area contributed by atoms with Crippen LogP contribution in [0, 0.1) is 0 Å². The van der Waals surface area contributed by atoms with Crippen molar-refractivity contribution in [1.82, 2.24) is 0 Å². The van der Waals surface area contributed by atoms with Crippen LogP contribution in [-0.2, 0) is 17.4 Å². The Bertz CT molecular complexity index is 1060.